The van der Waals surface area contributed by atoms with Gasteiger partial charge in [-0.05, 0) is 38.4 Å². The number of aryl methyl sites for hydroxylation is 1. The Morgan fingerprint density at radius 1 is 1.45 bits per heavy atom. The summed E-state index contributed by atoms with van der Waals surface area (Å²) in [4.78, 5) is 5.37. The van der Waals surface area contributed by atoms with Gasteiger partial charge >= 0.3 is 0 Å². The maximum atomic E-state index is 5.47. The molecule has 1 aliphatic rings. The third kappa shape index (κ3) is 2.81. The summed E-state index contributed by atoms with van der Waals surface area (Å²) < 4.78 is 5.47. The van der Waals surface area contributed by atoms with E-state index in [-0.39, 0.29) is 0 Å². The SMILES string of the molecule is Cc1ccc(CN2CCC[C@@H]2c2cc(C(C)C)on2)s1. The fraction of sp³-hybridized carbons (Fsp3) is 0.562. The Morgan fingerprint density at radius 2 is 2.30 bits per heavy atom. The van der Waals surface area contributed by atoms with Crippen LogP contribution in [0.4, 0.5) is 0 Å². The Bertz CT molecular complexity index is 573. The molecule has 0 radical (unpaired) electrons. The summed E-state index contributed by atoms with van der Waals surface area (Å²) in [5.74, 6) is 1.41. The van der Waals surface area contributed by atoms with Crippen LogP contribution in [0.15, 0.2) is 22.7 Å². The van der Waals surface area contributed by atoms with Gasteiger partial charge in [0.1, 0.15) is 11.5 Å². The molecule has 1 saturated heterocycles. The first kappa shape index (κ1) is 13.8. The first-order valence-electron chi connectivity index (χ1n) is 7.39. The minimum absolute atomic E-state index is 0.408. The zero-order valence-electron chi connectivity index (χ0n) is 12.4. The van der Waals surface area contributed by atoms with Crippen molar-refractivity contribution in [3.8, 4) is 0 Å². The van der Waals surface area contributed by atoms with Crippen LogP contribution in [0.25, 0.3) is 0 Å². The van der Waals surface area contributed by atoms with Crippen molar-refractivity contribution in [2.75, 3.05) is 6.54 Å². The number of hydrogen-bond acceptors (Lipinski definition) is 4. The van der Waals surface area contributed by atoms with Gasteiger partial charge in [0.25, 0.3) is 0 Å². The van der Waals surface area contributed by atoms with Gasteiger partial charge in [0.2, 0.25) is 0 Å². The third-order valence-electron chi connectivity index (χ3n) is 3.98. The Kier molecular flexibility index (Phi) is 3.94. The lowest BCUT2D eigenvalue weighted by atomic mass is 10.1. The molecule has 0 bridgehead atoms. The zero-order valence-corrected chi connectivity index (χ0v) is 13.2. The summed E-state index contributed by atoms with van der Waals surface area (Å²) in [6, 6.07) is 7.02. The first-order valence-corrected chi connectivity index (χ1v) is 8.21. The first-order chi connectivity index (χ1) is 9.63. The zero-order chi connectivity index (χ0) is 14.1. The Hall–Kier alpha value is -1.13. The molecule has 3 rings (SSSR count). The van der Waals surface area contributed by atoms with Crippen molar-refractivity contribution in [3.05, 3.63) is 39.4 Å². The van der Waals surface area contributed by atoms with Crippen molar-refractivity contribution in [2.24, 2.45) is 0 Å². The lowest BCUT2D eigenvalue weighted by molar-refractivity contribution is 0.238. The van der Waals surface area contributed by atoms with Crippen molar-refractivity contribution in [2.45, 2.75) is 52.1 Å². The van der Waals surface area contributed by atoms with Crippen molar-refractivity contribution in [1.82, 2.24) is 10.1 Å². The van der Waals surface area contributed by atoms with Crippen LogP contribution in [0.2, 0.25) is 0 Å². The van der Waals surface area contributed by atoms with E-state index >= 15 is 0 Å². The van der Waals surface area contributed by atoms with Gasteiger partial charge in [-0.25, -0.2) is 0 Å². The maximum absolute atomic E-state index is 5.47. The van der Waals surface area contributed by atoms with E-state index in [2.05, 4.69) is 49.0 Å². The van der Waals surface area contributed by atoms with Gasteiger partial charge in [0.15, 0.2) is 0 Å². The highest BCUT2D eigenvalue weighted by molar-refractivity contribution is 7.11. The van der Waals surface area contributed by atoms with Gasteiger partial charge in [0, 0.05) is 28.3 Å². The van der Waals surface area contributed by atoms with Gasteiger partial charge in [-0.3, -0.25) is 4.90 Å². The predicted octanol–water partition coefficient (Wildman–Crippen LogP) is 4.51. The molecule has 0 N–H and O–H groups in total. The molecular weight excluding hydrogens is 268 g/mol. The van der Waals surface area contributed by atoms with Crippen LogP contribution in [0.1, 0.15) is 59.9 Å². The molecule has 1 atom stereocenters. The van der Waals surface area contributed by atoms with E-state index in [0.29, 0.717) is 12.0 Å². The van der Waals surface area contributed by atoms with Crippen LogP contribution in [-0.4, -0.2) is 16.6 Å². The lowest BCUT2D eigenvalue weighted by Gasteiger charge is -2.21. The van der Waals surface area contributed by atoms with E-state index in [4.69, 9.17) is 4.52 Å². The Balaban J connectivity index is 1.74. The van der Waals surface area contributed by atoms with E-state index in [1.807, 2.05) is 11.3 Å². The summed E-state index contributed by atoms with van der Waals surface area (Å²) in [6.45, 7) is 8.65. The fourth-order valence-corrected chi connectivity index (χ4v) is 3.77. The molecule has 0 aliphatic carbocycles. The predicted molar refractivity (Wildman–Crippen MR) is 82.0 cm³/mol. The Labute approximate surface area is 124 Å². The molecule has 20 heavy (non-hydrogen) atoms. The van der Waals surface area contributed by atoms with Crippen molar-refractivity contribution < 1.29 is 4.52 Å². The number of likely N-dealkylation sites (tertiary alicyclic amines) is 1. The van der Waals surface area contributed by atoms with Crippen LogP contribution in [0.5, 0.6) is 0 Å². The number of aromatic nitrogens is 1. The van der Waals surface area contributed by atoms with Crippen molar-refractivity contribution in [3.63, 3.8) is 0 Å². The summed E-state index contributed by atoms with van der Waals surface area (Å²) >= 11 is 1.90. The average molecular weight is 290 g/mol. The van der Waals surface area contributed by atoms with E-state index in [0.717, 1.165) is 24.5 Å². The van der Waals surface area contributed by atoms with Gasteiger partial charge in [-0.1, -0.05) is 19.0 Å². The third-order valence-corrected chi connectivity index (χ3v) is 4.96. The highest BCUT2D eigenvalue weighted by Gasteiger charge is 2.29. The van der Waals surface area contributed by atoms with Gasteiger partial charge in [-0.2, -0.15) is 0 Å². The van der Waals surface area contributed by atoms with Crippen LogP contribution < -0.4 is 0 Å². The molecule has 1 fully saturated rings. The lowest BCUT2D eigenvalue weighted by Crippen LogP contribution is -2.22. The number of nitrogens with zero attached hydrogens (tertiary/aromatic N) is 2. The van der Waals surface area contributed by atoms with E-state index in [1.165, 1.54) is 22.6 Å². The number of thiophene rings is 1. The summed E-state index contributed by atoms with van der Waals surface area (Å²) in [7, 11) is 0. The van der Waals surface area contributed by atoms with Crippen LogP contribution >= 0.6 is 11.3 Å². The summed E-state index contributed by atoms with van der Waals surface area (Å²) in [6.07, 6.45) is 2.44. The largest absolute Gasteiger partial charge is 0.361 e. The fourth-order valence-electron chi connectivity index (χ4n) is 2.85. The van der Waals surface area contributed by atoms with Crippen molar-refractivity contribution >= 4 is 11.3 Å². The van der Waals surface area contributed by atoms with Crippen LogP contribution in [-0.2, 0) is 6.54 Å². The molecule has 3 nitrogen and oxygen atoms in total. The number of hydrogen-bond donors (Lipinski definition) is 0. The summed E-state index contributed by atoms with van der Waals surface area (Å²) in [5, 5.41) is 4.30. The van der Waals surface area contributed by atoms with Gasteiger partial charge in [0.05, 0.1) is 6.04 Å². The minimum Gasteiger partial charge on any atom is -0.361 e. The molecule has 2 aromatic heterocycles. The van der Waals surface area contributed by atoms with E-state index in [1.54, 1.807) is 0 Å². The smallest absolute Gasteiger partial charge is 0.139 e. The van der Waals surface area contributed by atoms with Gasteiger partial charge in [-0.15, -0.1) is 11.3 Å². The average Bonchev–Trinajstić information content (AvgIpc) is 3.10. The molecule has 0 saturated carbocycles. The maximum Gasteiger partial charge on any atom is 0.139 e. The molecule has 4 heteroatoms. The van der Waals surface area contributed by atoms with E-state index < -0.39 is 0 Å². The molecule has 3 heterocycles. The molecule has 0 unspecified atom stereocenters. The summed E-state index contributed by atoms with van der Waals surface area (Å²) in [5.41, 5.74) is 1.11. The molecule has 2 aromatic rings. The highest BCUT2D eigenvalue weighted by atomic mass is 32.1. The number of rotatable bonds is 4. The quantitative estimate of drug-likeness (QED) is 0.830. The molecular formula is C16H22N2OS. The molecule has 1 aliphatic heterocycles. The van der Waals surface area contributed by atoms with Crippen molar-refractivity contribution in [1.29, 1.82) is 0 Å². The molecule has 108 valence electrons. The van der Waals surface area contributed by atoms with E-state index in [9.17, 15) is 0 Å². The normalized spacial score (nSPS) is 20.1. The molecule has 0 aromatic carbocycles. The standard InChI is InChI=1S/C16H22N2OS/c1-11(2)16-9-14(17-19-16)15-5-4-8-18(15)10-13-7-6-12(3)20-13/h6-7,9,11,15H,4-5,8,10H2,1-3H3/t15-/m1/s1. The topological polar surface area (TPSA) is 29.3 Å². The Morgan fingerprint density at radius 3 is 2.95 bits per heavy atom. The molecule has 0 amide bonds. The highest BCUT2D eigenvalue weighted by Crippen LogP contribution is 2.34. The van der Waals surface area contributed by atoms with Crippen LogP contribution in [0.3, 0.4) is 0 Å². The minimum atomic E-state index is 0.408. The second kappa shape index (κ2) is 5.70. The monoisotopic (exact) mass is 290 g/mol. The second-order valence-electron chi connectivity index (χ2n) is 5.95. The molecule has 0 spiro atoms. The second-order valence-corrected chi connectivity index (χ2v) is 7.32. The van der Waals surface area contributed by atoms with Gasteiger partial charge < -0.3 is 4.52 Å². The van der Waals surface area contributed by atoms with Crippen LogP contribution in [0, 0.1) is 6.92 Å².